The standard InChI is InChI=1S/C16H19N5O3S2/c22-15(13-9-25-16(20-13)14-17-6-1-7-18-14)19-10-2-3-11(8-10)21-26(23,24)12-4-5-12/h1,6-7,9-12,21H,2-5,8H2,(H,19,22)/t10-,11+/m1/s1. The second-order valence-electron chi connectivity index (χ2n) is 6.65. The zero-order valence-corrected chi connectivity index (χ0v) is 15.6. The van der Waals surface area contributed by atoms with E-state index >= 15 is 0 Å². The Labute approximate surface area is 155 Å². The Morgan fingerprint density at radius 2 is 1.85 bits per heavy atom. The summed E-state index contributed by atoms with van der Waals surface area (Å²) in [6.45, 7) is 0. The molecule has 1 amide bonds. The predicted molar refractivity (Wildman–Crippen MR) is 97.1 cm³/mol. The van der Waals surface area contributed by atoms with Gasteiger partial charge in [-0.2, -0.15) is 0 Å². The van der Waals surface area contributed by atoms with Crippen molar-refractivity contribution in [3.63, 3.8) is 0 Å². The van der Waals surface area contributed by atoms with Gasteiger partial charge in [-0.15, -0.1) is 11.3 Å². The van der Waals surface area contributed by atoms with E-state index in [9.17, 15) is 13.2 Å². The molecule has 0 aromatic carbocycles. The smallest absolute Gasteiger partial charge is 0.270 e. The predicted octanol–water partition coefficient (Wildman–Crippen LogP) is 1.33. The van der Waals surface area contributed by atoms with Gasteiger partial charge in [-0.3, -0.25) is 4.79 Å². The first-order valence-corrected chi connectivity index (χ1v) is 11.0. The van der Waals surface area contributed by atoms with Crippen molar-refractivity contribution in [2.75, 3.05) is 0 Å². The molecular weight excluding hydrogens is 374 g/mol. The first-order valence-electron chi connectivity index (χ1n) is 8.56. The average Bonchev–Trinajstić information content (AvgIpc) is 3.24. The third-order valence-electron chi connectivity index (χ3n) is 4.56. The summed E-state index contributed by atoms with van der Waals surface area (Å²) in [4.78, 5) is 25.0. The maximum atomic E-state index is 12.4. The fourth-order valence-electron chi connectivity index (χ4n) is 3.08. The highest BCUT2D eigenvalue weighted by atomic mass is 32.2. The van der Waals surface area contributed by atoms with Crippen LogP contribution in [0.2, 0.25) is 0 Å². The van der Waals surface area contributed by atoms with Crippen molar-refractivity contribution in [3.05, 3.63) is 29.5 Å². The molecule has 138 valence electrons. The molecule has 0 unspecified atom stereocenters. The van der Waals surface area contributed by atoms with Crippen LogP contribution in [-0.4, -0.2) is 46.6 Å². The molecular formula is C16H19N5O3S2. The summed E-state index contributed by atoms with van der Waals surface area (Å²) in [7, 11) is -3.19. The SMILES string of the molecule is O=C(N[C@@H]1CC[C@H](NS(=O)(=O)C2CC2)C1)c1csc(-c2ncccn2)n1. The minimum absolute atomic E-state index is 0.0486. The zero-order chi connectivity index (χ0) is 18.1. The minimum atomic E-state index is -3.19. The van der Waals surface area contributed by atoms with Crippen molar-refractivity contribution in [2.45, 2.75) is 49.4 Å². The summed E-state index contributed by atoms with van der Waals surface area (Å²) >= 11 is 1.32. The van der Waals surface area contributed by atoms with Crippen LogP contribution in [0.25, 0.3) is 10.8 Å². The molecule has 2 atom stereocenters. The molecule has 2 heterocycles. The van der Waals surface area contributed by atoms with Crippen molar-refractivity contribution >= 4 is 27.3 Å². The number of thiazole rings is 1. The summed E-state index contributed by atoms with van der Waals surface area (Å²) in [5.74, 6) is 0.242. The second-order valence-corrected chi connectivity index (χ2v) is 9.50. The van der Waals surface area contributed by atoms with Crippen LogP contribution in [0.4, 0.5) is 0 Å². The highest BCUT2D eigenvalue weighted by Gasteiger charge is 2.38. The van der Waals surface area contributed by atoms with Crippen molar-refractivity contribution in [1.82, 2.24) is 25.0 Å². The molecule has 10 heteroatoms. The molecule has 2 aliphatic carbocycles. The van der Waals surface area contributed by atoms with Gasteiger partial charge in [0.1, 0.15) is 5.69 Å². The third-order valence-corrected chi connectivity index (χ3v) is 7.41. The number of hydrogen-bond acceptors (Lipinski definition) is 7. The lowest BCUT2D eigenvalue weighted by Gasteiger charge is -2.14. The van der Waals surface area contributed by atoms with E-state index in [1.54, 1.807) is 23.8 Å². The van der Waals surface area contributed by atoms with Crippen molar-refractivity contribution in [3.8, 4) is 10.8 Å². The van der Waals surface area contributed by atoms with Gasteiger partial charge in [-0.05, 0) is 38.2 Å². The Balaban J connectivity index is 1.33. The van der Waals surface area contributed by atoms with Gasteiger partial charge in [0, 0.05) is 29.9 Å². The minimum Gasteiger partial charge on any atom is -0.348 e. The van der Waals surface area contributed by atoms with Crippen molar-refractivity contribution in [1.29, 1.82) is 0 Å². The molecule has 2 saturated carbocycles. The van der Waals surface area contributed by atoms with Crippen LogP contribution < -0.4 is 10.0 Å². The van der Waals surface area contributed by atoms with E-state index in [0.717, 1.165) is 25.7 Å². The molecule has 0 aliphatic heterocycles. The lowest BCUT2D eigenvalue weighted by molar-refractivity contribution is 0.0933. The molecule has 0 spiro atoms. The Hall–Kier alpha value is -1.91. The number of nitrogens with zero attached hydrogens (tertiary/aromatic N) is 3. The van der Waals surface area contributed by atoms with E-state index in [1.165, 1.54) is 11.3 Å². The van der Waals surface area contributed by atoms with Gasteiger partial charge < -0.3 is 5.32 Å². The van der Waals surface area contributed by atoms with E-state index < -0.39 is 10.0 Å². The lowest BCUT2D eigenvalue weighted by atomic mass is 10.2. The fourth-order valence-corrected chi connectivity index (χ4v) is 5.45. The molecule has 2 aromatic rings. The van der Waals surface area contributed by atoms with Gasteiger partial charge in [-0.25, -0.2) is 28.1 Å². The Morgan fingerprint density at radius 1 is 1.12 bits per heavy atom. The average molecular weight is 393 g/mol. The second kappa shape index (κ2) is 7.01. The van der Waals surface area contributed by atoms with Crippen LogP contribution in [0.3, 0.4) is 0 Å². The third kappa shape index (κ3) is 3.92. The quantitative estimate of drug-likeness (QED) is 0.765. The fraction of sp³-hybridized carbons (Fsp3) is 0.500. The Morgan fingerprint density at radius 3 is 2.58 bits per heavy atom. The molecule has 26 heavy (non-hydrogen) atoms. The number of carbonyl (C=O) groups excluding carboxylic acids is 1. The van der Waals surface area contributed by atoms with Crippen LogP contribution in [0.1, 0.15) is 42.6 Å². The van der Waals surface area contributed by atoms with Crippen molar-refractivity contribution in [2.24, 2.45) is 0 Å². The van der Waals surface area contributed by atoms with Gasteiger partial charge in [0.15, 0.2) is 10.8 Å². The molecule has 2 aliphatic rings. The summed E-state index contributed by atoms with van der Waals surface area (Å²) < 4.78 is 26.8. The molecule has 0 bridgehead atoms. The monoisotopic (exact) mass is 393 g/mol. The maximum Gasteiger partial charge on any atom is 0.270 e. The molecule has 8 nitrogen and oxygen atoms in total. The van der Waals surface area contributed by atoms with E-state index in [2.05, 4.69) is 25.0 Å². The van der Waals surface area contributed by atoms with Crippen molar-refractivity contribution < 1.29 is 13.2 Å². The molecule has 2 fully saturated rings. The van der Waals surface area contributed by atoms with E-state index in [-0.39, 0.29) is 23.2 Å². The summed E-state index contributed by atoms with van der Waals surface area (Å²) in [5.41, 5.74) is 0.333. The van der Waals surface area contributed by atoms with Gasteiger partial charge in [-0.1, -0.05) is 0 Å². The largest absolute Gasteiger partial charge is 0.348 e. The number of sulfonamides is 1. The van der Waals surface area contributed by atoms with Crippen LogP contribution >= 0.6 is 11.3 Å². The maximum absolute atomic E-state index is 12.4. The first-order chi connectivity index (χ1) is 12.5. The van der Waals surface area contributed by atoms with Gasteiger partial charge in [0.05, 0.1) is 5.25 Å². The number of aromatic nitrogens is 3. The Kier molecular flexibility index (Phi) is 4.72. The molecule has 4 rings (SSSR count). The van der Waals surface area contributed by atoms with Crippen LogP contribution in [0.15, 0.2) is 23.8 Å². The zero-order valence-electron chi connectivity index (χ0n) is 14.0. The summed E-state index contributed by atoms with van der Waals surface area (Å²) in [6.07, 6.45) is 6.85. The first kappa shape index (κ1) is 17.5. The molecule has 2 aromatic heterocycles. The van der Waals surface area contributed by atoms with E-state index in [0.29, 0.717) is 22.9 Å². The topological polar surface area (TPSA) is 114 Å². The number of carbonyl (C=O) groups is 1. The van der Waals surface area contributed by atoms with Gasteiger partial charge in [0.25, 0.3) is 5.91 Å². The molecule has 2 N–H and O–H groups in total. The number of rotatable bonds is 6. The van der Waals surface area contributed by atoms with E-state index in [4.69, 9.17) is 0 Å². The number of amides is 1. The normalized spacial score (nSPS) is 23.1. The molecule has 0 radical (unpaired) electrons. The highest BCUT2D eigenvalue weighted by Crippen LogP contribution is 2.29. The van der Waals surface area contributed by atoms with E-state index in [1.807, 2.05) is 0 Å². The number of nitrogens with one attached hydrogen (secondary N) is 2. The van der Waals surface area contributed by atoms with Crippen LogP contribution in [-0.2, 0) is 10.0 Å². The van der Waals surface area contributed by atoms with Gasteiger partial charge in [0.2, 0.25) is 10.0 Å². The lowest BCUT2D eigenvalue weighted by Crippen LogP contribution is -2.38. The van der Waals surface area contributed by atoms with Crippen LogP contribution in [0, 0.1) is 0 Å². The summed E-state index contributed by atoms with van der Waals surface area (Å²) in [6, 6.07) is 1.57. The highest BCUT2D eigenvalue weighted by molar-refractivity contribution is 7.90. The number of hydrogen-bond donors (Lipinski definition) is 2. The van der Waals surface area contributed by atoms with Gasteiger partial charge >= 0.3 is 0 Å². The van der Waals surface area contributed by atoms with Crippen LogP contribution in [0.5, 0.6) is 0 Å². The molecule has 0 saturated heterocycles. The summed E-state index contributed by atoms with van der Waals surface area (Å²) in [5, 5.41) is 5.01. The Bertz CT molecular complexity index is 896.